The van der Waals surface area contributed by atoms with Gasteiger partial charge < -0.3 is 5.11 Å². The molecular weight excluding hydrogens is 227 g/mol. The molecule has 0 saturated carbocycles. The molecule has 0 aromatic heterocycles. The van der Waals surface area contributed by atoms with Crippen molar-refractivity contribution < 1.29 is 9.50 Å². The van der Waals surface area contributed by atoms with Crippen molar-refractivity contribution in [1.29, 1.82) is 0 Å². The molecule has 0 aliphatic carbocycles. The Hall–Kier alpha value is -2.01. The molecule has 1 N–H and O–H groups in total. The summed E-state index contributed by atoms with van der Waals surface area (Å²) < 4.78 is 13.8. The maximum absolute atomic E-state index is 13.8. The lowest BCUT2D eigenvalue weighted by atomic mass is 9.90. The minimum atomic E-state index is -0.392. The summed E-state index contributed by atoms with van der Waals surface area (Å²) in [6, 6.07) is 4.71. The van der Waals surface area contributed by atoms with E-state index in [1.165, 1.54) is 6.07 Å². The van der Waals surface area contributed by atoms with Gasteiger partial charge in [-0.05, 0) is 41.5 Å². The third-order valence-corrected chi connectivity index (χ3v) is 3.29. The first kappa shape index (κ1) is 12.4. The number of fused-ring (bicyclic) bond motifs is 1. The second kappa shape index (κ2) is 4.34. The van der Waals surface area contributed by atoms with Crippen molar-refractivity contribution in [2.45, 2.75) is 26.7 Å². The lowest BCUT2D eigenvalue weighted by molar-refractivity contribution is 0.471. The van der Waals surface area contributed by atoms with E-state index in [1.54, 1.807) is 19.1 Å². The lowest BCUT2D eigenvalue weighted by Crippen LogP contribution is -1.97. The van der Waals surface area contributed by atoms with Gasteiger partial charge in [-0.15, -0.1) is 6.42 Å². The normalized spacial score (nSPS) is 10.9. The van der Waals surface area contributed by atoms with Crippen LogP contribution < -0.4 is 0 Å². The van der Waals surface area contributed by atoms with Gasteiger partial charge in [0, 0.05) is 5.39 Å². The van der Waals surface area contributed by atoms with E-state index in [2.05, 4.69) is 5.92 Å². The van der Waals surface area contributed by atoms with Crippen molar-refractivity contribution in [2.75, 3.05) is 0 Å². The van der Waals surface area contributed by atoms with E-state index in [0.717, 1.165) is 21.9 Å². The van der Waals surface area contributed by atoms with Crippen molar-refractivity contribution in [3.8, 4) is 18.1 Å². The van der Waals surface area contributed by atoms with Gasteiger partial charge in [0.15, 0.2) is 0 Å². The molecule has 1 nitrogen and oxygen atoms in total. The largest absolute Gasteiger partial charge is 0.508 e. The van der Waals surface area contributed by atoms with Crippen molar-refractivity contribution in [2.24, 2.45) is 0 Å². The van der Waals surface area contributed by atoms with E-state index < -0.39 is 5.82 Å². The molecule has 0 amide bonds. The van der Waals surface area contributed by atoms with Gasteiger partial charge in [0.05, 0.1) is 5.56 Å². The minimum Gasteiger partial charge on any atom is -0.508 e. The Balaban J connectivity index is 3.06. The number of aromatic hydroxyl groups is 1. The molecule has 0 unspecified atom stereocenters. The highest BCUT2D eigenvalue weighted by Gasteiger charge is 2.16. The molecule has 0 aliphatic rings. The number of phenolic OH excluding ortho intramolecular Hbond substituents is 1. The molecule has 0 spiro atoms. The van der Waals surface area contributed by atoms with Gasteiger partial charge in [0.2, 0.25) is 0 Å². The third-order valence-electron chi connectivity index (χ3n) is 3.29. The van der Waals surface area contributed by atoms with Gasteiger partial charge in [-0.3, -0.25) is 0 Å². The molecule has 2 rings (SSSR count). The number of hydrogen-bond donors (Lipinski definition) is 1. The summed E-state index contributed by atoms with van der Waals surface area (Å²) >= 11 is 0. The smallest absolute Gasteiger partial charge is 0.139 e. The first-order valence-electron chi connectivity index (χ1n) is 5.88. The standard InChI is InChI=1S/C16H15FO/c1-5-11-14(17)7-6-12-10(4)15(18)8-13(9(2)3)16(11)12/h1,6-9,18H,2-4H3. The molecule has 0 saturated heterocycles. The number of benzene rings is 2. The van der Waals surface area contributed by atoms with Crippen LogP contribution >= 0.6 is 0 Å². The summed E-state index contributed by atoms with van der Waals surface area (Å²) in [6.07, 6.45) is 5.42. The van der Waals surface area contributed by atoms with Crippen LogP contribution in [0, 0.1) is 25.1 Å². The van der Waals surface area contributed by atoms with E-state index in [9.17, 15) is 9.50 Å². The van der Waals surface area contributed by atoms with Gasteiger partial charge in [-0.1, -0.05) is 25.8 Å². The van der Waals surface area contributed by atoms with E-state index in [0.29, 0.717) is 0 Å². The monoisotopic (exact) mass is 242 g/mol. The highest BCUT2D eigenvalue weighted by atomic mass is 19.1. The van der Waals surface area contributed by atoms with Crippen LogP contribution in [0.3, 0.4) is 0 Å². The fourth-order valence-electron chi connectivity index (χ4n) is 2.25. The van der Waals surface area contributed by atoms with Crippen LogP contribution in [0.15, 0.2) is 18.2 Å². The highest BCUT2D eigenvalue weighted by Crippen LogP contribution is 2.36. The highest BCUT2D eigenvalue weighted by molar-refractivity contribution is 5.95. The topological polar surface area (TPSA) is 20.2 Å². The zero-order valence-corrected chi connectivity index (χ0v) is 10.7. The first-order chi connectivity index (χ1) is 8.47. The summed E-state index contributed by atoms with van der Waals surface area (Å²) in [5, 5.41) is 11.5. The maximum atomic E-state index is 13.8. The van der Waals surface area contributed by atoms with Crippen LogP contribution in [0.25, 0.3) is 10.8 Å². The number of rotatable bonds is 1. The van der Waals surface area contributed by atoms with Gasteiger partial charge >= 0.3 is 0 Å². The van der Waals surface area contributed by atoms with Crippen LogP contribution in [0.5, 0.6) is 5.75 Å². The summed E-state index contributed by atoms with van der Waals surface area (Å²) in [6.45, 7) is 5.80. The fourth-order valence-corrected chi connectivity index (χ4v) is 2.25. The molecule has 2 heteroatoms. The molecule has 0 radical (unpaired) electrons. The summed E-state index contributed by atoms with van der Waals surface area (Å²) in [5.74, 6) is 2.41. The van der Waals surface area contributed by atoms with E-state index in [4.69, 9.17) is 6.42 Å². The molecule has 0 heterocycles. The second-order valence-electron chi connectivity index (χ2n) is 4.75. The van der Waals surface area contributed by atoms with Crippen LogP contribution in [0.4, 0.5) is 4.39 Å². The van der Waals surface area contributed by atoms with Gasteiger partial charge in [-0.25, -0.2) is 4.39 Å². The number of phenols is 1. The average Bonchev–Trinajstić information content (AvgIpc) is 2.33. The maximum Gasteiger partial charge on any atom is 0.139 e. The van der Waals surface area contributed by atoms with E-state index >= 15 is 0 Å². The van der Waals surface area contributed by atoms with Gasteiger partial charge in [0.1, 0.15) is 11.6 Å². The number of aryl methyl sites for hydroxylation is 1. The summed E-state index contributed by atoms with van der Waals surface area (Å²) in [5.41, 5.74) is 1.88. The zero-order chi connectivity index (χ0) is 13.4. The van der Waals surface area contributed by atoms with E-state index in [-0.39, 0.29) is 17.2 Å². The van der Waals surface area contributed by atoms with E-state index in [1.807, 2.05) is 13.8 Å². The molecule has 92 valence electrons. The van der Waals surface area contributed by atoms with Gasteiger partial charge in [0.25, 0.3) is 0 Å². The second-order valence-corrected chi connectivity index (χ2v) is 4.75. The quantitative estimate of drug-likeness (QED) is 0.746. The Labute approximate surface area is 106 Å². The van der Waals surface area contributed by atoms with Crippen LogP contribution in [-0.2, 0) is 0 Å². The minimum absolute atomic E-state index is 0.160. The summed E-state index contributed by atoms with van der Waals surface area (Å²) in [4.78, 5) is 0. The average molecular weight is 242 g/mol. The predicted octanol–water partition coefficient (Wildman–Crippen LogP) is 4.10. The zero-order valence-electron chi connectivity index (χ0n) is 10.7. The molecule has 0 atom stereocenters. The number of hydrogen-bond acceptors (Lipinski definition) is 1. The van der Waals surface area contributed by atoms with Crippen molar-refractivity contribution in [1.82, 2.24) is 0 Å². The SMILES string of the molecule is C#Cc1c(F)ccc2c(C)c(O)cc(C(C)C)c12. The molecule has 0 bridgehead atoms. The first-order valence-corrected chi connectivity index (χ1v) is 5.88. The Morgan fingerprint density at radius 1 is 1.33 bits per heavy atom. The van der Waals surface area contributed by atoms with Crippen molar-refractivity contribution >= 4 is 10.8 Å². The Morgan fingerprint density at radius 3 is 2.56 bits per heavy atom. The lowest BCUT2D eigenvalue weighted by Gasteiger charge is -2.15. The number of terminal acetylenes is 1. The van der Waals surface area contributed by atoms with Crippen LogP contribution in [0.2, 0.25) is 0 Å². The molecule has 18 heavy (non-hydrogen) atoms. The Morgan fingerprint density at radius 2 is 2.00 bits per heavy atom. The number of halogens is 1. The molecular formula is C16H15FO. The van der Waals surface area contributed by atoms with Crippen molar-refractivity contribution in [3.05, 3.63) is 40.7 Å². The third kappa shape index (κ3) is 1.73. The molecule has 2 aromatic carbocycles. The fraction of sp³-hybridized carbons (Fsp3) is 0.250. The van der Waals surface area contributed by atoms with Crippen LogP contribution in [-0.4, -0.2) is 5.11 Å². The van der Waals surface area contributed by atoms with Crippen molar-refractivity contribution in [3.63, 3.8) is 0 Å². The van der Waals surface area contributed by atoms with Crippen LogP contribution in [0.1, 0.15) is 36.5 Å². The molecule has 0 aliphatic heterocycles. The Kier molecular flexibility index (Phi) is 3.00. The Bertz CT molecular complexity index is 663. The predicted molar refractivity (Wildman–Crippen MR) is 72.3 cm³/mol. The molecule has 0 fully saturated rings. The molecule has 2 aromatic rings. The van der Waals surface area contributed by atoms with Gasteiger partial charge in [-0.2, -0.15) is 0 Å². The summed E-state index contributed by atoms with van der Waals surface area (Å²) in [7, 11) is 0.